The highest BCUT2D eigenvalue weighted by atomic mass is 127. The van der Waals surface area contributed by atoms with Crippen molar-refractivity contribution in [3.05, 3.63) is 105 Å². The minimum Gasteiger partial charge on any atom is -0.493 e. The molecule has 0 saturated heterocycles. The first kappa shape index (κ1) is 25.0. The molecule has 3 aromatic carbocycles. The van der Waals surface area contributed by atoms with Gasteiger partial charge < -0.3 is 14.8 Å². The summed E-state index contributed by atoms with van der Waals surface area (Å²) in [6, 6.07) is 19.1. The van der Waals surface area contributed by atoms with Gasteiger partial charge >= 0.3 is 0 Å². The number of allylic oxidation sites excluding steroid dienone is 1. The second-order valence-corrected chi connectivity index (χ2v) is 8.47. The fourth-order valence-corrected chi connectivity index (χ4v) is 3.55. The molecule has 3 aromatic rings. The summed E-state index contributed by atoms with van der Waals surface area (Å²) in [7, 11) is 1.52. The molecule has 1 amide bonds. The molecular formula is C27H22FIN2O3. The first-order valence-corrected chi connectivity index (χ1v) is 11.4. The van der Waals surface area contributed by atoms with Crippen molar-refractivity contribution in [1.29, 1.82) is 5.26 Å². The fraction of sp³-hybridized carbons (Fsp3) is 0.111. The van der Waals surface area contributed by atoms with Gasteiger partial charge in [-0.25, -0.2) is 4.39 Å². The predicted octanol–water partition coefficient (Wildman–Crippen LogP) is 6.29. The van der Waals surface area contributed by atoms with Crippen LogP contribution in [0.25, 0.3) is 6.08 Å². The van der Waals surface area contributed by atoms with Crippen molar-refractivity contribution in [1.82, 2.24) is 0 Å². The van der Waals surface area contributed by atoms with Crippen molar-refractivity contribution in [2.24, 2.45) is 0 Å². The highest BCUT2D eigenvalue weighted by Crippen LogP contribution is 2.35. The molecule has 0 fully saturated rings. The van der Waals surface area contributed by atoms with Crippen LogP contribution in [0.1, 0.15) is 16.7 Å². The minimum atomic E-state index is -0.712. The van der Waals surface area contributed by atoms with Gasteiger partial charge in [0.1, 0.15) is 24.1 Å². The van der Waals surface area contributed by atoms with Crippen LogP contribution < -0.4 is 14.8 Å². The molecule has 0 aliphatic heterocycles. The van der Waals surface area contributed by atoms with Crippen molar-refractivity contribution in [3.63, 3.8) is 0 Å². The number of carbonyl (C=O) groups is 1. The zero-order valence-corrected chi connectivity index (χ0v) is 20.6. The van der Waals surface area contributed by atoms with Crippen molar-refractivity contribution < 1.29 is 18.7 Å². The van der Waals surface area contributed by atoms with E-state index in [1.54, 1.807) is 24.3 Å². The van der Waals surface area contributed by atoms with Gasteiger partial charge in [-0.3, -0.25) is 4.79 Å². The summed E-state index contributed by atoms with van der Waals surface area (Å²) in [5, 5.41) is 12.0. The molecule has 172 valence electrons. The number of nitriles is 1. The molecule has 0 atom stereocenters. The van der Waals surface area contributed by atoms with Crippen molar-refractivity contribution >= 4 is 40.3 Å². The molecule has 0 unspecified atom stereocenters. The zero-order chi connectivity index (χ0) is 24.5. The summed E-state index contributed by atoms with van der Waals surface area (Å²) in [6.07, 6.45) is 3.65. The molecule has 5 nitrogen and oxygen atoms in total. The van der Waals surface area contributed by atoms with Gasteiger partial charge in [-0.2, -0.15) is 5.26 Å². The number of nitrogens with zero attached hydrogens (tertiary/aromatic N) is 1. The summed E-state index contributed by atoms with van der Waals surface area (Å²) in [4.78, 5) is 12.6. The maximum Gasteiger partial charge on any atom is 0.266 e. The summed E-state index contributed by atoms with van der Waals surface area (Å²) >= 11 is 2.24. The van der Waals surface area contributed by atoms with Crippen LogP contribution in [0.2, 0.25) is 0 Å². The Morgan fingerprint density at radius 3 is 2.59 bits per heavy atom. The van der Waals surface area contributed by atoms with Crippen LogP contribution >= 0.6 is 22.6 Å². The lowest BCUT2D eigenvalue weighted by atomic mass is 10.0. The smallest absolute Gasteiger partial charge is 0.266 e. The maximum absolute atomic E-state index is 13.9. The van der Waals surface area contributed by atoms with Crippen LogP contribution in [0.3, 0.4) is 0 Å². The number of halogens is 2. The van der Waals surface area contributed by atoms with Gasteiger partial charge in [0.2, 0.25) is 0 Å². The van der Waals surface area contributed by atoms with Gasteiger partial charge in [0.15, 0.2) is 11.5 Å². The van der Waals surface area contributed by atoms with Crippen molar-refractivity contribution in [3.8, 4) is 17.6 Å². The normalized spacial score (nSPS) is 10.8. The zero-order valence-electron chi connectivity index (χ0n) is 18.5. The van der Waals surface area contributed by atoms with Crippen LogP contribution in [0, 0.1) is 20.7 Å². The quantitative estimate of drug-likeness (QED) is 0.143. The lowest BCUT2D eigenvalue weighted by Crippen LogP contribution is -2.14. The standard InChI is InChI=1S/C27H22FIN2O3/c1-3-6-20-13-19(14-21(16-30)27(32)31-24-8-5-4-7-23(24)28)15-25(33-2)26(20)34-17-18-9-11-22(29)12-10-18/h3-5,7-15H,1,6,17H2,2H3,(H,31,32)/b21-14-. The molecule has 7 heteroatoms. The third-order valence-electron chi connectivity index (χ3n) is 4.83. The second kappa shape index (κ2) is 12.0. The van der Waals surface area contributed by atoms with E-state index in [9.17, 15) is 14.4 Å². The Labute approximate surface area is 211 Å². The van der Waals surface area contributed by atoms with Gasteiger partial charge in [0.25, 0.3) is 5.91 Å². The van der Waals surface area contributed by atoms with Gasteiger partial charge in [-0.15, -0.1) is 6.58 Å². The lowest BCUT2D eigenvalue weighted by Gasteiger charge is -2.16. The molecule has 0 spiro atoms. The molecule has 0 aliphatic rings. The number of rotatable bonds is 9. The number of hydrogen-bond acceptors (Lipinski definition) is 4. The summed E-state index contributed by atoms with van der Waals surface area (Å²) < 4.78 is 26.6. The average Bonchev–Trinajstić information content (AvgIpc) is 2.84. The number of benzene rings is 3. The van der Waals surface area contributed by atoms with Gasteiger partial charge in [0, 0.05) is 9.13 Å². The van der Waals surface area contributed by atoms with Crippen molar-refractivity contribution in [2.75, 3.05) is 12.4 Å². The van der Waals surface area contributed by atoms with E-state index in [0.717, 1.165) is 14.7 Å². The predicted molar refractivity (Wildman–Crippen MR) is 139 cm³/mol. The lowest BCUT2D eigenvalue weighted by molar-refractivity contribution is -0.112. The van der Waals surface area contributed by atoms with E-state index in [4.69, 9.17) is 9.47 Å². The Hall–Kier alpha value is -3.64. The minimum absolute atomic E-state index is 0.00192. The summed E-state index contributed by atoms with van der Waals surface area (Å²) in [5.41, 5.74) is 2.18. The van der Waals surface area contributed by atoms with Crippen LogP contribution in [0.15, 0.2) is 78.9 Å². The number of nitrogens with one attached hydrogen (secondary N) is 1. The van der Waals surface area contributed by atoms with E-state index in [1.807, 2.05) is 30.3 Å². The molecule has 1 N–H and O–H groups in total. The van der Waals surface area contributed by atoms with Crippen LogP contribution in [-0.2, 0) is 17.8 Å². The average molecular weight is 568 g/mol. The number of hydrogen-bond donors (Lipinski definition) is 1. The molecule has 34 heavy (non-hydrogen) atoms. The fourth-order valence-electron chi connectivity index (χ4n) is 3.19. The third-order valence-corrected chi connectivity index (χ3v) is 5.55. The van der Waals surface area contributed by atoms with Crippen molar-refractivity contribution in [2.45, 2.75) is 13.0 Å². The van der Waals surface area contributed by atoms with E-state index in [0.29, 0.717) is 30.1 Å². The number of anilines is 1. The van der Waals surface area contributed by atoms with Gasteiger partial charge in [0.05, 0.1) is 12.8 Å². The van der Waals surface area contributed by atoms with E-state index in [-0.39, 0.29) is 11.3 Å². The van der Waals surface area contributed by atoms with Crippen LogP contribution in [-0.4, -0.2) is 13.0 Å². The Morgan fingerprint density at radius 2 is 1.94 bits per heavy atom. The molecule has 0 heterocycles. The molecular weight excluding hydrogens is 546 g/mol. The highest BCUT2D eigenvalue weighted by Gasteiger charge is 2.16. The van der Waals surface area contributed by atoms with Crippen LogP contribution in [0.5, 0.6) is 11.5 Å². The SMILES string of the molecule is C=CCc1cc(/C=C(/C#N)C(=O)Nc2ccccc2F)cc(OC)c1OCc1ccc(I)cc1. The van der Waals surface area contributed by atoms with Gasteiger partial charge in [-0.05, 0) is 82.6 Å². The highest BCUT2D eigenvalue weighted by molar-refractivity contribution is 14.1. The Kier molecular flexibility index (Phi) is 8.82. The molecule has 0 bridgehead atoms. The molecule has 0 radical (unpaired) electrons. The first-order valence-electron chi connectivity index (χ1n) is 10.3. The largest absolute Gasteiger partial charge is 0.493 e. The van der Waals surface area contributed by atoms with E-state index >= 15 is 0 Å². The molecule has 0 saturated carbocycles. The first-order chi connectivity index (χ1) is 16.4. The number of para-hydroxylation sites is 1. The van der Waals surface area contributed by atoms with E-state index < -0.39 is 11.7 Å². The Bertz CT molecular complexity index is 1260. The summed E-state index contributed by atoms with van der Waals surface area (Å²) in [5.74, 6) is -0.274. The van der Waals surface area contributed by atoms with E-state index in [2.05, 4.69) is 34.5 Å². The van der Waals surface area contributed by atoms with E-state index in [1.165, 1.54) is 31.4 Å². The number of ether oxygens (including phenoxy) is 2. The second-order valence-electron chi connectivity index (χ2n) is 7.22. The number of methoxy groups -OCH3 is 1. The topological polar surface area (TPSA) is 71.4 Å². The number of amides is 1. The number of carbonyl (C=O) groups excluding carboxylic acids is 1. The molecule has 0 aliphatic carbocycles. The Balaban J connectivity index is 1.90. The molecule has 0 aromatic heterocycles. The molecule has 3 rings (SSSR count). The Morgan fingerprint density at radius 1 is 1.21 bits per heavy atom. The van der Waals surface area contributed by atoms with Gasteiger partial charge in [-0.1, -0.05) is 30.3 Å². The van der Waals surface area contributed by atoms with Crippen LogP contribution in [0.4, 0.5) is 10.1 Å². The third kappa shape index (κ3) is 6.45. The maximum atomic E-state index is 13.9. The summed E-state index contributed by atoms with van der Waals surface area (Å²) in [6.45, 7) is 4.15. The monoisotopic (exact) mass is 568 g/mol.